The van der Waals surface area contributed by atoms with Crippen LogP contribution in [0, 0.1) is 0 Å². The second-order valence-electron chi connectivity index (χ2n) is 8.78. The number of benzene rings is 3. The maximum atomic E-state index is 13.3. The first-order valence-corrected chi connectivity index (χ1v) is 13.8. The number of nitrogens with one attached hydrogen (secondary N) is 1. The Morgan fingerprint density at radius 2 is 1.78 bits per heavy atom. The standard InChI is InChI=1S/C30H27BrN2O3S/c1-35-25-17-21(16-24(31)28(25)36-19-20-10-4-2-5-11-20)18-32-30-27(23-14-8-9-15-26(23)37-30)29(34)33-22-12-6-3-7-13-22/h2-7,10-13,16-18H,8-9,14-15,19H2,1H3,(H,33,34). The van der Waals surface area contributed by atoms with E-state index in [0.29, 0.717) is 23.7 Å². The quantitative estimate of drug-likeness (QED) is 0.217. The number of hydrogen-bond donors (Lipinski definition) is 1. The van der Waals surface area contributed by atoms with E-state index in [4.69, 9.17) is 14.5 Å². The lowest BCUT2D eigenvalue weighted by molar-refractivity contribution is 0.102. The molecule has 3 aromatic carbocycles. The average Bonchev–Trinajstić information content (AvgIpc) is 3.30. The molecule has 0 bridgehead atoms. The fraction of sp³-hybridized carbons (Fsp3) is 0.200. The number of thiophene rings is 1. The minimum atomic E-state index is -0.110. The largest absolute Gasteiger partial charge is 0.493 e. The number of aryl methyl sites for hydroxylation is 1. The van der Waals surface area contributed by atoms with Crippen LogP contribution < -0.4 is 14.8 Å². The molecule has 1 aromatic heterocycles. The lowest BCUT2D eigenvalue weighted by Crippen LogP contribution is -2.14. The van der Waals surface area contributed by atoms with E-state index in [1.165, 1.54) is 4.88 Å². The van der Waals surface area contributed by atoms with Crippen LogP contribution in [0.15, 0.2) is 82.3 Å². The van der Waals surface area contributed by atoms with E-state index in [-0.39, 0.29) is 5.91 Å². The molecule has 0 saturated heterocycles. The van der Waals surface area contributed by atoms with Crippen molar-refractivity contribution in [1.29, 1.82) is 0 Å². The zero-order valence-corrected chi connectivity index (χ0v) is 22.9. The highest BCUT2D eigenvalue weighted by molar-refractivity contribution is 9.10. The van der Waals surface area contributed by atoms with Crippen molar-refractivity contribution >= 4 is 50.1 Å². The Hall–Kier alpha value is -3.42. The van der Waals surface area contributed by atoms with Crippen LogP contribution in [0.25, 0.3) is 0 Å². The van der Waals surface area contributed by atoms with E-state index in [1.54, 1.807) is 24.7 Å². The second kappa shape index (κ2) is 11.8. The van der Waals surface area contributed by atoms with Crippen LogP contribution in [0.5, 0.6) is 11.5 Å². The van der Waals surface area contributed by atoms with E-state index in [1.807, 2.05) is 72.8 Å². The molecule has 5 nitrogen and oxygen atoms in total. The smallest absolute Gasteiger partial charge is 0.259 e. The minimum absolute atomic E-state index is 0.110. The summed E-state index contributed by atoms with van der Waals surface area (Å²) in [5.74, 6) is 1.14. The van der Waals surface area contributed by atoms with Gasteiger partial charge in [0.15, 0.2) is 11.5 Å². The number of nitrogens with zero attached hydrogens (tertiary/aromatic N) is 1. The molecule has 4 aromatic rings. The predicted molar refractivity (Wildman–Crippen MR) is 154 cm³/mol. The van der Waals surface area contributed by atoms with Crippen LogP contribution in [0.3, 0.4) is 0 Å². The minimum Gasteiger partial charge on any atom is -0.493 e. The fourth-order valence-electron chi connectivity index (χ4n) is 4.41. The van der Waals surface area contributed by atoms with Gasteiger partial charge in [0.2, 0.25) is 0 Å². The van der Waals surface area contributed by atoms with E-state index >= 15 is 0 Å². The van der Waals surface area contributed by atoms with Crippen LogP contribution in [0.1, 0.15) is 44.8 Å². The van der Waals surface area contributed by atoms with Gasteiger partial charge < -0.3 is 14.8 Å². The predicted octanol–water partition coefficient (Wildman–Crippen LogP) is 7.98. The summed E-state index contributed by atoms with van der Waals surface area (Å²) >= 11 is 5.25. The molecule has 1 aliphatic carbocycles. The Kier molecular flexibility index (Phi) is 8.02. The Labute approximate surface area is 229 Å². The summed E-state index contributed by atoms with van der Waals surface area (Å²) in [6.45, 7) is 0.434. The molecule has 7 heteroatoms. The van der Waals surface area contributed by atoms with Crippen molar-refractivity contribution in [2.75, 3.05) is 12.4 Å². The monoisotopic (exact) mass is 574 g/mol. The molecule has 0 saturated carbocycles. The number of ether oxygens (including phenoxy) is 2. The number of amides is 1. The molecule has 1 N–H and O–H groups in total. The Morgan fingerprint density at radius 3 is 2.54 bits per heavy atom. The Bertz CT molecular complexity index is 1420. The number of carbonyl (C=O) groups excluding carboxylic acids is 1. The van der Waals surface area contributed by atoms with Crippen molar-refractivity contribution in [2.45, 2.75) is 32.3 Å². The van der Waals surface area contributed by atoms with Crippen LogP contribution in [-0.4, -0.2) is 19.2 Å². The maximum absolute atomic E-state index is 13.3. The SMILES string of the molecule is COc1cc(C=Nc2sc3c(c2C(=O)Nc2ccccc2)CCCC3)cc(Br)c1OCc1ccccc1. The number of fused-ring (bicyclic) bond motifs is 1. The van der Waals surface area contributed by atoms with Gasteiger partial charge in [-0.3, -0.25) is 4.79 Å². The molecule has 0 fully saturated rings. The van der Waals surface area contributed by atoms with Gasteiger partial charge in [-0.15, -0.1) is 11.3 Å². The molecular formula is C30H27BrN2O3S. The number of hydrogen-bond acceptors (Lipinski definition) is 5. The topological polar surface area (TPSA) is 59.9 Å². The van der Waals surface area contributed by atoms with Crippen molar-refractivity contribution < 1.29 is 14.3 Å². The Balaban J connectivity index is 1.41. The fourth-order valence-corrected chi connectivity index (χ4v) is 6.21. The molecule has 0 aliphatic heterocycles. The van der Waals surface area contributed by atoms with E-state index < -0.39 is 0 Å². The summed E-state index contributed by atoms with van der Waals surface area (Å²) in [5.41, 5.74) is 4.52. The third kappa shape index (κ3) is 5.95. The summed E-state index contributed by atoms with van der Waals surface area (Å²) in [5, 5.41) is 3.78. The van der Waals surface area contributed by atoms with Gasteiger partial charge >= 0.3 is 0 Å². The van der Waals surface area contributed by atoms with Gasteiger partial charge in [-0.1, -0.05) is 48.5 Å². The van der Waals surface area contributed by atoms with Crippen molar-refractivity contribution in [2.24, 2.45) is 4.99 Å². The molecule has 1 amide bonds. The lowest BCUT2D eigenvalue weighted by atomic mass is 9.95. The third-order valence-electron chi connectivity index (χ3n) is 6.22. The first-order chi connectivity index (χ1) is 18.1. The van der Waals surface area contributed by atoms with Gasteiger partial charge in [0, 0.05) is 16.8 Å². The number of aliphatic imine (C=N–C) groups is 1. The van der Waals surface area contributed by atoms with Gasteiger partial charge in [-0.25, -0.2) is 4.99 Å². The number of carbonyl (C=O) groups is 1. The van der Waals surface area contributed by atoms with Gasteiger partial charge in [0.1, 0.15) is 11.6 Å². The summed E-state index contributed by atoms with van der Waals surface area (Å²) in [6, 6.07) is 23.4. The first-order valence-electron chi connectivity index (χ1n) is 12.2. The number of rotatable bonds is 8. The van der Waals surface area contributed by atoms with Crippen molar-refractivity contribution in [1.82, 2.24) is 0 Å². The number of para-hydroxylation sites is 1. The van der Waals surface area contributed by atoms with Gasteiger partial charge in [0.25, 0.3) is 5.91 Å². The molecule has 1 heterocycles. The first kappa shape index (κ1) is 25.2. The highest BCUT2D eigenvalue weighted by Crippen LogP contribution is 2.41. The van der Waals surface area contributed by atoms with Crippen molar-refractivity contribution in [3.8, 4) is 11.5 Å². The highest BCUT2D eigenvalue weighted by atomic mass is 79.9. The van der Waals surface area contributed by atoms with Gasteiger partial charge in [0.05, 0.1) is 17.1 Å². The second-order valence-corrected chi connectivity index (χ2v) is 10.7. The summed E-state index contributed by atoms with van der Waals surface area (Å²) in [6.07, 6.45) is 5.92. The number of anilines is 1. The molecule has 37 heavy (non-hydrogen) atoms. The third-order valence-corrected chi connectivity index (χ3v) is 8.01. The highest BCUT2D eigenvalue weighted by Gasteiger charge is 2.25. The average molecular weight is 576 g/mol. The molecule has 5 rings (SSSR count). The molecule has 188 valence electrons. The molecule has 0 radical (unpaired) electrons. The van der Waals surface area contributed by atoms with Crippen molar-refractivity contribution in [3.05, 3.63) is 104 Å². The molecule has 0 spiro atoms. The normalized spacial score (nSPS) is 12.8. The van der Waals surface area contributed by atoms with E-state index in [9.17, 15) is 4.79 Å². The van der Waals surface area contributed by atoms with E-state index in [2.05, 4.69) is 21.2 Å². The van der Waals surface area contributed by atoms with Crippen LogP contribution in [-0.2, 0) is 19.4 Å². The molecule has 0 atom stereocenters. The summed E-state index contributed by atoms with van der Waals surface area (Å²) < 4.78 is 12.5. The molecule has 0 unspecified atom stereocenters. The summed E-state index contributed by atoms with van der Waals surface area (Å²) in [4.78, 5) is 19.4. The number of methoxy groups -OCH3 is 1. The number of halogens is 1. The van der Waals surface area contributed by atoms with Crippen LogP contribution in [0.2, 0.25) is 0 Å². The van der Waals surface area contributed by atoms with Crippen molar-refractivity contribution in [3.63, 3.8) is 0 Å². The van der Waals surface area contributed by atoms with Gasteiger partial charge in [-0.2, -0.15) is 0 Å². The molecule has 1 aliphatic rings. The van der Waals surface area contributed by atoms with Crippen LogP contribution in [0.4, 0.5) is 10.7 Å². The van der Waals surface area contributed by atoms with E-state index in [0.717, 1.165) is 57.5 Å². The van der Waals surface area contributed by atoms with Gasteiger partial charge in [-0.05, 0) is 82.6 Å². The lowest BCUT2D eigenvalue weighted by Gasteiger charge is -2.13. The zero-order chi connectivity index (χ0) is 25.6. The Morgan fingerprint density at radius 1 is 1.05 bits per heavy atom. The molecular weight excluding hydrogens is 548 g/mol. The maximum Gasteiger partial charge on any atom is 0.259 e. The zero-order valence-electron chi connectivity index (χ0n) is 20.5. The summed E-state index contributed by atoms with van der Waals surface area (Å²) in [7, 11) is 1.62. The van der Waals surface area contributed by atoms with Crippen LogP contribution >= 0.6 is 27.3 Å².